The van der Waals surface area contributed by atoms with Gasteiger partial charge >= 0.3 is 0 Å². The van der Waals surface area contributed by atoms with E-state index in [1.165, 1.54) is 5.56 Å². The van der Waals surface area contributed by atoms with Crippen LogP contribution in [0.3, 0.4) is 0 Å². The molecule has 0 aliphatic carbocycles. The smallest absolute Gasteiger partial charge is 0.256 e. The summed E-state index contributed by atoms with van der Waals surface area (Å²) < 4.78 is 13.3. The third kappa shape index (κ3) is 4.88. The lowest BCUT2D eigenvalue weighted by molar-refractivity contribution is 0.0784. The molecule has 1 aliphatic rings. The lowest BCUT2D eigenvalue weighted by atomic mass is 9.92. The van der Waals surface area contributed by atoms with Crippen LogP contribution in [0.25, 0.3) is 10.9 Å². The van der Waals surface area contributed by atoms with Crippen LogP contribution in [0.2, 0.25) is 0 Å². The molecule has 2 heterocycles. The van der Waals surface area contributed by atoms with Crippen LogP contribution in [-0.2, 0) is 0 Å². The molecule has 4 nitrogen and oxygen atoms in total. The molecule has 0 spiro atoms. The van der Waals surface area contributed by atoms with Crippen molar-refractivity contribution in [3.63, 3.8) is 0 Å². The largest absolute Gasteiger partial charge is 0.361 e. The van der Waals surface area contributed by atoms with Crippen LogP contribution in [0.4, 0.5) is 4.39 Å². The van der Waals surface area contributed by atoms with Gasteiger partial charge < -0.3 is 14.8 Å². The third-order valence-electron chi connectivity index (χ3n) is 7.11. The van der Waals surface area contributed by atoms with Gasteiger partial charge in [0.25, 0.3) is 5.91 Å². The summed E-state index contributed by atoms with van der Waals surface area (Å²) in [6.07, 6.45) is 3.99. The van der Waals surface area contributed by atoms with E-state index in [2.05, 4.69) is 30.8 Å². The van der Waals surface area contributed by atoms with Crippen LogP contribution < -0.4 is 0 Å². The van der Waals surface area contributed by atoms with Crippen molar-refractivity contribution >= 4 is 16.8 Å². The highest BCUT2D eigenvalue weighted by atomic mass is 19.1. The fourth-order valence-electron chi connectivity index (χ4n) is 5.08. The minimum absolute atomic E-state index is 0.123. The minimum Gasteiger partial charge on any atom is -0.361 e. The zero-order chi connectivity index (χ0) is 22.7. The van der Waals surface area contributed by atoms with Gasteiger partial charge in [-0.15, -0.1) is 0 Å². The van der Waals surface area contributed by atoms with Gasteiger partial charge in [0.1, 0.15) is 5.82 Å². The van der Waals surface area contributed by atoms with Gasteiger partial charge in [0.05, 0.1) is 11.1 Å². The first-order chi connectivity index (χ1) is 15.5. The Morgan fingerprint density at radius 3 is 2.72 bits per heavy atom. The van der Waals surface area contributed by atoms with Crippen molar-refractivity contribution in [3.05, 3.63) is 71.7 Å². The Bertz CT molecular complexity index is 1040. The second-order valence-electron chi connectivity index (χ2n) is 9.40. The van der Waals surface area contributed by atoms with Crippen molar-refractivity contribution < 1.29 is 9.18 Å². The van der Waals surface area contributed by atoms with E-state index in [1.807, 2.05) is 47.5 Å². The Balaban J connectivity index is 1.33. The Morgan fingerprint density at radius 2 is 1.97 bits per heavy atom. The highest BCUT2D eigenvalue weighted by Crippen LogP contribution is 2.28. The van der Waals surface area contributed by atoms with Gasteiger partial charge in [-0.1, -0.05) is 38.1 Å². The van der Waals surface area contributed by atoms with E-state index in [-0.39, 0.29) is 11.7 Å². The van der Waals surface area contributed by atoms with Crippen molar-refractivity contribution in [2.24, 2.45) is 11.8 Å². The number of nitrogens with zero attached hydrogens (tertiary/aromatic N) is 2. The number of benzene rings is 2. The monoisotopic (exact) mass is 435 g/mol. The summed E-state index contributed by atoms with van der Waals surface area (Å²) >= 11 is 0. The van der Waals surface area contributed by atoms with Crippen molar-refractivity contribution in [1.29, 1.82) is 0 Å². The van der Waals surface area contributed by atoms with Crippen molar-refractivity contribution in [2.75, 3.05) is 33.2 Å². The molecule has 1 N–H and O–H groups in total. The zero-order valence-corrected chi connectivity index (χ0v) is 19.4. The number of carbonyl (C=O) groups excluding carboxylic acids is 1. The number of amides is 1. The number of carbonyl (C=O) groups is 1. The molecule has 2 aromatic carbocycles. The quantitative estimate of drug-likeness (QED) is 0.505. The van der Waals surface area contributed by atoms with Crippen LogP contribution in [0, 0.1) is 17.7 Å². The van der Waals surface area contributed by atoms with Crippen molar-refractivity contribution in [2.45, 2.75) is 32.6 Å². The molecular weight excluding hydrogens is 401 g/mol. The molecule has 1 aliphatic heterocycles. The van der Waals surface area contributed by atoms with E-state index in [0.29, 0.717) is 17.8 Å². The number of likely N-dealkylation sites (tertiary alicyclic amines) is 1. The second kappa shape index (κ2) is 9.86. The molecule has 1 saturated heterocycles. The lowest BCUT2D eigenvalue weighted by Gasteiger charge is -2.25. The molecular formula is C27H34FN3O. The van der Waals surface area contributed by atoms with Crippen LogP contribution in [0.1, 0.15) is 48.5 Å². The van der Waals surface area contributed by atoms with Gasteiger partial charge in [-0.05, 0) is 74.0 Å². The second-order valence-corrected chi connectivity index (χ2v) is 9.40. The van der Waals surface area contributed by atoms with Gasteiger partial charge in [0.2, 0.25) is 0 Å². The first-order valence-corrected chi connectivity index (χ1v) is 11.8. The van der Waals surface area contributed by atoms with Crippen LogP contribution in [0.5, 0.6) is 0 Å². The predicted molar refractivity (Wildman–Crippen MR) is 128 cm³/mol. The Kier molecular flexibility index (Phi) is 6.95. The summed E-state index contributed by atoms with van der Waals surface area (Å²) in [6.45, 7) is 8.04. The number of para-hydroxylation sites is 1. The van der Waals surface area contributed by atoms with Crippen molar-refractivity contribution in [3.8, 4) is 0 Å². The summed E-state index contributed by atoms with van der Waals surface area (Å²) in [5.74, 6) is 1.33. The molecule has 32 heavy (non-hydrogen) atoms. The highest BCUT2D eigenvalue weighted by molar-refractivity contribution is 6.05. The maximum Gasteiger partial charge on any atom is 0.256 e. The van der Waals surface area contributed by atoms with Crippen LogP contribution in [0.15, 0.2) is 54.7 Å². The number of aromatic nitrogens is 1. The summed E-state index contributed by atoms with van der Waals surface area (Å²) in [5.41, 5.74) is 2.91. The number of fused-ring (bicyclic) bond motifs is 1. The van der Waals surface area contributed by atoms with Crippen molar-refractivity contribution in [1.82, 2.24) is 14.8 Å². The number of nitrogens with one attached hydrogen (secondary N) is 1. The normalized spacial score (nSPS) is 19.7. The number of rotatable bonds is 8. The average molecular weight is 436 g/mol. The molecule has 1 fully saturated rings. The first kappa shape index (κ1) is 22.5. The molecule has 5 heteroatoms. The maximum atomic E-state index is 13.3. The molecule has 1 amide bonds. The Hall–Kier alpha value is -2.66. The molecule has 3 aromatic rings. The van der Waals surface area contributed by atoms with Crippen LogP contribution >= 0.6 is 0 Å². The summed E-state index contributed by atoms with van der Waals surface area (Å²) in [4.78, 5) is 20.9. The topological polar surface area (TPSA) is 39.3 Å². The lowest BCUT2D eigenvalue weighted by Crippen LogP contribution is -2.32. The van der Waals surface area contributed by atoms with Gasteiger partial charge in [0, 0.05) is 31.2 Å². The molecule has 3 atom stereocenters. The molecule has 4 rings (SSSR count). The molecule has 0 bridgehead atoms. The molecule has 170 valence electrons. The number of hydrogen-bond acceptors (Lipinski definition) is 2. The van der Waals surface area contributed by atoms with Crippen LogP contribution in [-0.4, -0.2) is 53.9 Å². The Labute approximate surface area is 190 Å². The standard InChI is InChI=1S/C27H34FN3O/c1-4-20(21-8-10-24(28)11-9-21)13-15-30(3)17-23-18-31(16-19(23)2)27(32)25-7-5-6-22-12-14-29-26(22)25/h5-12,14,19-20,23,29H,4,13,15-18H2,1-3H3. The van der Waals surface area contributed by atoms with E-state index in [9.17, 15) is 9.18 Å². The Morgan fingerprint density at radius 1 is 1.19 bits per heavy atom. The van der Waals surface area contributed by atoms with E-state index < -0.39 is 0 Å². The summed E-state index contributed by atoms with van der Waals surface area (Å²) in [6, 6.07) is 14.9. The third-order valence-corrected chi connectivity index (χ3v) is 7.11. The number of halogens is 1. The van der Waals surface area contributed by atoms with Gasteiger partial charge in [-0.2, -0.15) is 0 Å². The minimum atomic E-state index is -0.178. The average Bonchev–Trinajstić information content (AvgIpc) is 3.41. The summed E-state index contributed by atoms with van der Waals surface area (Å²) in [7, 11) is 2.17. The van der Waals surface area contributed by atoms with Gasteiger partial charge in [0.15, 0.2) is 0 Å². The number of H-pyrrole nitrogens is 1. The fraction of sp³-hybridized carbons (Fsp3) is 0.444. The predicted octanol–water partition coefficient (Wildman–Crippen LogP) is 5.53. The fourth-order valence-corrected chi connectivity index (χ4v) is 5.08. The van der Waals surface area contributed by atoms with Gasteiger partial charge in [-0.25, -0.2) is 4.39 Å². The van der Waals surface area contributed by atoms with Gasteiger partial charge in [-0.3, -0.25) is 4.79 Å². The zero-order valence-electron chi connectivity index (χ0n) is 19.4. The molecule has 0 radical (unpaired) electrons. The highest BCUT2D eigenvalue weighted by Gasteiger charge is 2.34. The molecule has 0 saturated carbocycles. The number of hydrogen-bond donors (Lipinski definition) is 1. The number of aromatic amines is 1. The van der Waals surface area contributed by atoms with E-state index in [0.717, 1.165) is 55.5 Å². The molecule has 3 unspecified atom stereocenters. The van der Waals surface area contributed by atoms with E-state index >= 15 is 0 Å². The SMILES string of the molecule is CCC(CCN(C)CC1CN(C(=O)c2cccc3cc[nH]c23)CC1C)c1ccc(F)cc1. The molecule has 1 aromatic heterocycles. The van der Waals surface area contributed by atoms with E-state index in [1.54, 1.807) is 12.1 Å². The first-order valence-electron chi connectivity index (χ1n) is 11.8. The maximum absolute atomic E-state index is 13.3. The summed E-state index contributed by atoms with van der Waals surface area (Å²) in [5, 5.41) is 1.08. The van der Waals surface area contributed by atoms with E-state index in [4.69, 9.17) is 0 Å².